The first-order chi connectivity index (χ1) is 11.1. The van der Waals surface area contributed by atoms with Crippen LogP contribution in [0.1, 0.15) is 39.5 Å². The van der Waals surface area contributed by atoms with Crippen LogP contribution in [0.15, 0.2) is 0 Å². The number of rotatable bonds is 6. The fraction of sp³-hybridized carbons (Fsp3) is 0.882. The number of carboxylic acids is 1. The summed E-state index contributed by atoms with van der Waals surface area (Å²) in [6.45, 7) is 8.20. The standard InChI is InChI=1S/C17H30N2O4/c1-3-13(4-2)15(18-8-10-23-11-9-18)16(20)19-7-5-6-14(12-19)17(21)22/h13-15H,3-12H2,1-2H3,(H,21,22). The average Bonchev–Trinajstić information content (AvgIpc) is 2.59. The van der Waals surface area contributed by atoms with Crippen molar-refractivity contribution >= 4 is 11.9 Å². The number of carbonyl (C=O) groups is 2. The molecule has 2 aliphatic heterocycles. The van der Waals surface area contributed by atoms with E-state index >= 15 is 0 Å². The Labute approximate surface area is 138 Å². The Morgan fingerprint density at radius 2 is 1.83 bits per heavy atom. The van der Waals surface area contributed by atoms with E-state index in [0.29, 0.717) is 38.6 Å². The lowest BCUT2D eigenvalue weighted by atomic mass is 9.90. The van der Waals surface area contributed by atoms with Crippen LogP contribution in [0.4, 0.5) is 0 Å². The second kappa shape index (κ2) is 8.64. The summed E-state index contributed by atoms with van der Waals surface area (Å²) in [6, 6.07) is -0.138. The Morgan fingerprint density at radius 1 is 1.17 bits per heavy atom. The third kappa shape index (κ3) is 4.44. The molecule has 0 aromatic carbocycles. The van der Waals surface area contributed by atoms with Crippen molar-refractivity contribution in [2.75, 3.05) is 39.4 Å². The summed E-state index contributed by atoms with van der Waals surface area (Å²) in [5.41, 5.74) is 0. The third-order valence-electron chi connectivity index (χ3n) is 5.27. The molecule has 2 aliphatic rings. The highest BCUT2D eigenvalue weighted by Gasteiger charge is 2.38. The van der Waals surface area contributed by atoms with E-state index in [2.05, 4.69) is 18.7 Å². The summed E-state index contributed by atoms with van der Waals surface area (Å²) < 4.78 is 5.43. The number of hydrogen-bond acceptors (Lipinski definition) is 4. The van der Waals surface area contributed by atoms with E-state index < -0.39 is 11.9 Å². The van der Waals surface area contributed by atoms with Gasteiger partial charge in [-0.3, -0.25) is 14.5 Å². The van der Waals surface area contributed by atoms with Crippen LogP contribution < -0.4 is 0 Å². The summed E-state index contributed by atoms with van der Waals surface area (Å²) in [6.07, 6.45) is 3.37. The molecule has 2 unspecified atom stereocenters. The SMILES string of the molecule is CCC(CC)C(C(=O)N1CCCC(C(=O)O)C1)N1CCOCC1. The molecule has 1 amide bonds. The number of amides is 1. The number of morpholine rings is 1. The molecular weight excluding hydrogens is 296 g/mol. The molecule has 23 heavy (non-hydrogen) atoms. The van der Waals surface area contributed by atoms with Crippen molar-refractivity contribution in [3.05, 3.63) is 0 Å². The van der Waals surface area contributed by atoms with Gasteiger partial charge < -0.3 is 14.7 Å². The summed E-state index contributed by atoms with van der Waals surface area (Å²) in [5, 5.41) is 9.26. The van der Waals surface area contributed by atoms with Crippen LogP contribution in [0.3, 0.4) is 0 Å². The van der Waals surface area contributed by atoms with Gasteiger partial charge in [0.1, 0.15) is 0 Å². The number of likely N-dealkylation sites (tertiary alicyclic amines) is 1. The zero-order valence-corrected chi connectivity index (χ0v) is 14.4. The predicted octanol–water partition coefficient (Wildman–Crippen LogP) is 1.45. The van der Waals surface area contributed by atoms with Crippen LogP contribution in [0, 0.1) is 11.8 Å². The molecule has 6 heteroatoms. The first-order valence-corrected chi connectivity index (χ1v) is 8.91. The van der Waals surface area contributed by atoms with Crippen molar-refractivity contribution < 1.29 is 19.4 Å². The quantitative estimate of drug-likeness (QED) is 0.800. The molecule has 132 valence electrons. The minimum atomic E-state index is -0.784. The monoisotopic (exact) mass is 326 g/mol. The molecule has 6 nitrogen and oxygen atoms in total. The van der Waals surface area contributed by atoms with Crippen molar-refractivity contribution in [3.63, 3.8) is 0 Å². The molecule has 0 bridgehead atoms. The van der Waals surface area contributed by atoms with Gasteiger partial charge in [0.2, 0.25) is 5.91 Å². The van der Waals surface area contributed by atoms with E-state index in [9.17, 15) is 14.7 Å². The fourth-order valence-electron chi connectivity index (χ4n) is 3.81. The molecule has 0 aliphatic carbocycles. The molecule has 0 saturated carbocycles. The Balaban J connectivity index is 2.12. The second-order valence-corrected chi connectivity index (χ2v) is 6.63. The molecule has 2 fully saturated rings. The fourth-order valence-corrected chi connectivity index (χ4v) is 3.81. The molecule has 0 aromatic heterocycles. The molecule has 2 saturated heterocycles. The number of hydrogen-bond donors (Lipinski definition) is 1. The number of carboxylic acid groups (broad SMARTS) is 1. The summed E-state index contributed by atoms with van der Waals surface area (Å²) in [5.74, 6) is -0.773. The summed E-state index contributed by atoms with van der Waals surface area (Å²) in [4.78, 5) is 28.5. The summed E-state index contributed by atoms with van der Waals surface area (Å²) in [7, 11) is 0. The molecule has 0 spiro atoms. The number of ether oxygens (including phenoxy) is 1. The largest absolute Gasteiger partial charge is 0.481 e. The van der Waals surface area contributed by atoms with E-state index in [1.165, 1.54) is 0 Å². The Morgan fingerprint density at radius 3 is 2.39 bits per heavy atom. The smallest absolute Gasteiger partial charge is 0.308 e. The van der Waals surface area contributed by atoms with Gasteiger partial charge in [0.25, 0.3) is 0 Å². The molecule has 2 atom stereocenters. The van der Waals surface area contributed by atoms with E-state index in [4.69, 9.17) is 4.74 Å². The van der Waals surface area contributed by atoms with Crippen LogP contribution in [0.2, 0.25) is 0 Å². The predicted molar refractivity (Wildman–Crippen MR) is 87.2 cm³/mol. The maximum atomic E-state index is 13.2. The van der Waals surface area contributed by atoms with Crippen molar-refractivity contribution in [3.8, 4) is 0 Å². The number of piperidine rings is 1. The number of carbonyl (C=O) groups excluding carboxylic acids is 1. The molecule has 0 radical (unpaired) electrons. The van der Waals surface area contributed by atoms with E-state index in [1.807, 2.05) is 0 Å². The Bertz CT molecular complexity index is 405. The van der Waals surface area contributed by atoms with Crippen LogP contribution in [-0.4, -0.2) is 72.2 Å². The van der Waals surface area contributed by atoms with E-state index in [0.717, 1.165) is 32.4 Å². The average molecular weight is 326 g/mol. The van der Waals surface area contributed by atoms with Crippen LogP contribution in [-0.2, 0) is 14.3 Å². The molecule has 2 rings (SSSR count). The van der Waals surface area contributed by atoms with Crippen molar-refractivity contribution in [2.24, 2.45) is 11.8 Å². The van der Waals surface area contributed by atoms with Crippen LogP contribution in [0.25, 0.3) is 0 Å². The van der Waals surface area contributed by atoms with Crippen molar-refractivity contribution in [1.29, 1.82) is 0 Å². The van der Waals surface area contributed by atoms with Crippen LogP contribution >= 0.6 is 0 Å². The first kappa shape index (κ1) is 18.2. The van der Waals surface area contributed by atoms with Gasteiger partial charge in [0, 0.05) is 26.2 Å². The number of nitrogens with zero attached hydrogens (tertiary/aromatic N) is 2. The maximum absolute atomic E-state index is 13.2. The van der Waals surface area contributed by atoms with Crippen molar-refractivity contribution in [1.82, 2.24) is 9.80 Å². The van der Waals surface area contributed by atoms with E-state index in [-0.39, 0.29) is 11.9 Å². The van der Waals surface area contributed by atoms with Gasteiger partial charge in [-0.2, -0.15) is 0 Å². The van der Waals surface area contributed by atoms with Gasteiger partial charge in [-0.15, -0.1) is 0 Å². The highest BCUT2D eigenvalue weighted by atomic mass is 16.5. The zero-order valence-electron chi connectivity index (χ0n) is 14.4. The highest BCUT2D eigenvalue weighted by Crippen LogP contribution is 2.25. The van der Waals surface area contributed by atoms with E-state index in [1.54, 1.807) is 4.90 Å². The molecular formula is C17H30N2O4. The Kier molecular flexibility index (Phi) is 6.84. The third-order valence-corrected chi connectivity index (χ3v) is 5.27. The maximum Gasteiger partial charge on any atom is 0.308 e. The summed E-state index contributed by atoms with van der Waals surface area (Å²) >= 11 is 0. The van der Waals surface area contributed by atoms with Crippen LogP contribution in [0.5, 0.6) is 0 Å². The Hall–Kier alpha value is -1.14. The number of aliphatic carboxylic acids is 1. The van der Waals surface area contributed by atoms with Gasteiger partial charge >= 0.3 is 5.97 Å². The first-order valence-electron chi connectivity index (χ1n) is 8.91. The molecule has 1 N–H and O–H groups in total. The normalized spacial score (nSPS) is 24.7. The van der Waals surface area contributed by atoms with Gasteiger partial charge in [-0.1, -0.05) is 26.7 Å². The highest BCUT2D eigenvalue weighted by molar-refractivity contribution is 5.83. The van der Waals surface area contributed by atoms with Gasteiger partial charge in [-0.05, 0) is 18.8 Å². The lowest BCUT2D eigenvalue weighted by Gasteiger charge is -2.41. The minimum Gasteiger partial charge on any atom is -0.481 e. The van der Waals surface area contributed by atoms with Gasteiger partial charge in [0.05, 0.1) is 25.2 Å². The van der Waals surface area contributed by atoms with Gasteiger partial charge in [0.15, 0.2) is 0 Å². The van der Waals surface area contributed by atoms with Gasteiger partial charge in [-0.25, -0.2) is 0 Å². The topological polar surface area (TPSA) is 70.1 Å². The van der Waals surface area contributed by atoms with Crippen molar-refractivity contribution in [2.45, 2.75) is 45.6 Å². The molecule has 0 aromatic rings. The minimum absolute atomic E-state index is 0.117. The zero-order chi connectivity index (χ0) is 16.8. The lowest BCUT2D eigenvalue weighted by Crippen LogP contribution is -2.57. The second-order valence-electron chi connectivity index (χ2n) is 6.63. The lowest BCUT2D eigenvalue weighted by molar-refractivity contribution is -0.149. The molecule has 2 heterocycles.